The molecule has 2 unspecified atom stereocenters. The number of carbonyl (C=O) groups is 1. The summed E-state index contributed by atoms with van der Waals surface area (Å²) >= 11 is 0. The Bertz CT molecular complexity index is 1510. The zero-order chi connectivity index (χ0) is 30.6. The lowest BCUT2D eigenvalue weighted by Crippen LogP contribution is -2.69. The fourth-order valence-corrected chi connectivity index (χ4v) is 6.51. The number of hydrogen-bond donors (Lipinski definition) is 0. The van der Waals surface area contributed by atoms with Crippen LogP contribution in [0.4, 0.5) is 13.2 Å². The van der Waals surface area contributed by atoms with Gasteiger partial charge in [0.2, 0.25) is 0 Å². The minimum atomic E-state index is -4.49. The average molecular weight is 585 g/mol. The van der Waals surface area contributed by atoms with Gasteiger partial charge in [0.15, 0.2) is 0 Å². The van der Waals surface area contributed by atoms with Crippen LogP contribution in [0.5, 0.6) is 11.5 Å². The van der Waals surface area contributed by atoms with Crippen LogP contribution in [0.3, 0.4) is 0 Å². The number of ether oxygens (including phenoxy) is 2. The normalized spacial score (nSPS) is 21.7. The summed E-state index contributed by atoms with van der Waals surface area (Å²) in [4.78, 5) is 29.3. The predicted molar refractivity (Wildman–Crippen MR) is 150 cm³/mol. The van der Waals surface area contributed by atoms with Crippen molar-refractivity contribution in [1.82, 2.24) is 14.4 Å². The molecule has 42 heavy (non-hydrogen) atoms. The van der Waals surface area contributed by atoms with Crippen LogP contribution >= 0.6 is 0 Å². The Morgan fingerprint density at radius 3 is 2.19 bits per heavy atom. The number of nitriles is 1. The molecule has 1 aromatic heterocycles. The highest BCUT2D eigenvalue weighted by atomic mass is 19.4. The van der Waals surface area contributed by atoms with E-state index in [2.05, 4.69) is 4.90 Å². The van der Waals surface area contributed by atoms with Crippen LogP contribution in [0.15, 0.2) is 34.8 Å². The number of carbonyl (C=O) groups excluding carboxylic acids is 1. The molecule has 4 heterocycles. The average Bonchev–Trinajstić information content (AvgIpc) is 2.94. The van der Waals surface area contributed by atoms with E-state index in [1.165, 1.54) is 4.90 Å². The number of pyridine rings is 1. The van der Waals surface area contributed by atoms with Gasteiger partial charge in [0.1, 0.15) is 23.1 Å². The standard InChI is InChI=1S/C31H35F3N4O4/c1-18-19(2)28(39)36(3)16-24(18)20-9-26(41-4)25(27(10-20)42-5)17-38-22-11-23(38)15-37(14-22)29(40)21(13-35)12-30(7-6-8-30)31(32,33)34/h9-10,12,16,22-23H,6-8,11,14-15,17H2,1-5H3/b21-12+. The van der Waals surface area contributed by atoms with Crippen LogP contribution < -0.4 is 15.0 Å². The number of hydrogen-bond acceptors (Lipinski definition) is 6. The van der Waals surface area contributed by atoms with Gasteiger partial charge in [0, 0.05) is 56.1 Å². The first-order valence-electron chi connectivity index (χ1n) is 14.0. The molecule has 1 amide bonds. The van der Waals surface area contributed by atoms with Crippen LogP contribution in [0.25, 0.3) is 11.1 Å². The highest BCUT2D eigenvalue weighted by Gasteiger charge is 2.57. The predicted octanol–water partition coefficient (Wildman–Crippen LogP) is 4.65. The summed E-state index contributed by atoms with van der Waals surface area (Å²) in [7, 11) is 4.89. The molecule has 8 nitrogen and oxygen atoms in total. The second kappa shape index (κ2) is 10.8. The van der Waals surface area contributed by atoms with Crippen molar-refractivity contribution in [3.05, 3.63) is 57.0 Å². The van der Waals surface area contributed by atoms with E-state index in [-0.39, 0.29) is 30.5 Å². The van der Waals surface area contributed by atoms with Crippen LogP contribution in [0.2, 0.25) is 0 Å². The number of fused-ring (bicyclic) bond motifs is 2. The third kappa shape index (κ3) is 4.85. The van der Waals surface area contributed by atoms with E-state index < -0.39 is 23.1 Å². The highest BCUT2D eigenvalue weighted by molar-refractivity contribution is 5.97. The molecule has 1 saturated carbocycles. The van der Waals surface area contributed by atoms with Crippen molar-refractivity contribution in [3.63, 3.8) is 0 Å². The van der Waals surface area contributed by atoms with Gasteiger partial charge in [0.05, 0.1) is 25.2 Å². The highest BCUT2D eigenvalue weighted by Crippen LogP contribution is 2.54. The zero-order valence-corrected chi connectivity index (χ0v) is 24.5. The molecule has 3 aliphatic heterocycles. The Labute approximate surface area is 242 Å². The van der Waals surface area contributed by atoms with E-state index in [1.54, 1.807) is 45.0 Å². The third-order valence-electron chi connectivity index (χ3n) is 9.40. The number of rotatable bonds is 7. The van der Waals surface area contributed by atoms with Crippen molar-refractivity contribution in [1.29, 1.82) is 5.26 Å². The maximum atomic E-state index is 13.7. The van der Waals surface area contributed by atoms with Gasteiger partial charge < -0.3 is 18.9 Å². The van der Waals surface area contributed by atoms with Crippen LogP contribution in [0.1, 0.15) is 42.4 Å². The SMILES string of the molecule is COc1cc(-c2cn(C)c(=O)c(C)c2C)cc(OC)c1CN1C2CC1CN(C(=O)/C(C#N)=C/C1(C(F)(F)F)CCC1)C2. The van der Waals surface area contributed by atoms with Crippen LogP contribution in [0, 0.1) is 30.6 Å². The molecule has 2 aromatic rings. The number of aromatic nitrogens is 1. The Hall–Kier alpha value is -3.78. The van der Waals surface area contributed by atoms with Crippen molar-refractivity contribution in [2.75, 3.05) is 27.3 Å². The molecule has 11 heteroatoms. The van der Waals surface area contributed by atoms with E-state index in [1.807, 2.05) is 19.1 Å². The lowest BCUT2D eigenvalue weighted by molar-refractivity contribution is -0.229. The van der Waals surface area contributed by atoms with E-state index in [4.69, 9.17) is 9.47 Å². The monoisotopic (exact) mass is 584 g/mol. The molecule has 3 saturated heterocycles. The van der Waals surface area contributed by atoms with Crippen molar-refractivity contribution in [2.24, 2.45) is 12.5 Å². The van der Waals surface area contributed by atoms with Crippen molar-refractivity contribution in [2.45, 2.75) is 64.3 Å². The quantitative estimate of drug-likeness (QED) is 0.348. The molecule has 2 bridgehead atoms. The first kappa shape index (κ1) is 29.7. The Balaban J connectivity index is 1.36. The van der Waals surface area contributed by atoms with Gasteiger partial charge >= 0.3 is 6.18 Å². The number of piperazine rings is 1. The van der Waals surface area contributed by atoms with Gasteiger partial charge in [-0.15, -0.1) is 0 Å². The minimum Gasteiger partial charge on any atom is -0.496 e. The molecule has 0 N–H and O–H groups in total. The first-order valence-corrected chi connectivity index (χ1v) is 14.0. The summed E-state index contributed by atoms with van der Waals surface area (Å²) in [6.07, 6.45) is -0.755. The van der Waals surface area contributed by atoms with Gasteiger partial charge in [-0.1, -0.05) is 6.42 Å². The van der Waals surface area contributed by atoms with Gasteiger partial charge in [-0.3, -0.25) is 14.5 Å². The van der Waals surface area contributed by atoms with Crippen LogP contribution in [-0.4, -0.2) is 65.8 Å². The smallest absolute Gasteiger partial charge is 0.397 e. The molecule has 2 atom stereocenters. The lowest BCUT2D eigenvalue weighted by Gasteiger charge is -2.56. The fraction of sp³-hybridized carbons (Fsp3) is 0.516. The summed E-state index contributed by atoms with van der Waals surface area (Å²) in [5.74, 6) is 0.617. The number of aryl methyl sites for hydroxylation is 1. The minimum absolute atomic E-state index is 0.00412. The van der Waals surface area contributed by atoms with Crippen LogP contribution in [-0.2, 0) is 18.4 Å². The molecule has 1 aromatic carbocycles. The largest absolute Gasteiger partial charge is 0.496 e. The molecule has 1 aliphatic carbocycles. The number of amides is 1. The number of allylic oxidation sites excluding steroid dienone is 1. The van der Waals surface area contributed by atoms with Gasteiger partial charge in [-0.25, -0.2) is 0 Å². The number of piperidine rings is 1. The number of methoxy groups -OCH3 is 2. The summed E-state index contributed by atoms with van der Waals surface area (Å²) in [5.41, 5.74) is 1.57. The number of benzene rings is 1. The number of nitrogens with zero attached hydrogens (tertiary/aromatic N) is 4. The van der Waals surface area contributed by atoms with Crippen molar-refractivity contribution >= 4 is 5.91 Å². The van der Waals surface area contributed by atoms with Crippen molar-refractivity contribution in [3.8, 4) is 28.7 Å². The fourth-order valence-electron chi connectivity index (χ4n) is 6.51. The van der Waals surface area contributed by atoms with Gasteiger partial charge in [0.25, 0.3) is 11.5 Å². The molecule has 0 radical (unpaired) electrons. The molecular formula is C31H35F3N4O4. The third-order valence-corrected chi connectivity index (χ3v) is 9.40. The summed E-state index contributed by atoms with van der Waals surface area (Å²) in [6, 6.07) is 5.59. The molecular weight excluding hydrogens is 549 g/mol. The molecule has 4 aliphatic rings. The summed E-state index contributed by atoms with van der Waals surface area (Å²) < 4.78 is 54.2. The van der Waals surface area contributed by atoms with Gasteiger partial charge in [-0.2, -0.15) is 18.4 Å². The number of alkyl halides is 3. The molecule has 4 fully saturated rings. The van der Waals surface area contributed by atoms with E-state index >= 15 is 0 Å². The Kier molecular flexibility index (Phi) is 7.64. The van der Waals surface area contributed by atoms with Gasteiger partial charge in [-0.05, 0) is 62.4 Å². The topological polar surface area (TPSA) is 87.8 Å². The maximum absolute atomic E-state index is 13.7. The van der Waals surface area contributed by atoms with E-state index in [0.29, 0.717) is 43.1 Å². The Morgan fingerprint density at radius 2 is 1.71 bits per heavy atom. The van der Waals surface area contributed by atoms with Crippen molar-refractivity contribution < 1.29 is 27.4 Å². The summed E-state index contributed by atoms with van der Waals surface area (Å²) in [6.45, 7) is 4.86. The van der Waals surface area contributed by atoms with E-state index in [9.17, 15) is 28.0 Å². The first-order chi connectivity index (χ1) is 19.8. The maximum Gasteiger partial charge on any atom is 0.397 e. The molecule has 224 valence electrons. The lowest BCUT2D eigenvalue weighted by atomic mass is 9.67. The van der Waals surface area contributed by atoms with E-state index in [0.717, 1.165) is 34.8 Å². The second-order valence-electron chi connectivity index (χ2n) is 11.7. The zero-order valence-electron chi connectivity index (χ0n) is 24.5. The Morgan fingerprint density at radius 1 is 1.12 bits per heavy atom. The molecule has 0 spiro atoms. The molecule has 6 rings (SSSR count). The summed E-state index contributed by atoms with van der Waals surface area (Å²) in [5, 5.41) is 9.59. The second-order valence-corrected chi connectivity index (χ2v) is 11.7. The number of halogens is 3.